The highest BCUT2D eigenvalue weighted by molar-refractivity contribution is 5.95. The number of carbonyl (C=O) groups excluding carboxylic acids is 1. The third-order valence-electron chi connectivity index (χ3n) is 6.98. The molecule has 0 aliphatic carbocycles. The van der Waals surface area contributed by atoms with Gasteiger partial charge in [-0.2, -0.15) is 0 Å². The first-order chi connectivity index (χ1) is 18.8. The Balaban J connectivity index is 1.57. The van der Waals surface area contributed by atoms with Crippen LogP contribution in [-0.4, -0.2) is 36.6 Å². The van der Waals surface area contributed by atoms with Crippen molar-refractivity contribution < 1.29 is 9.18 Å². The molecule has 9 nitrogen and oxygen atoms in total. The van der Waals surface area contributed by atoms with E-state index in [9.17, 15) is 18.8 Å². The Morgan fingerprint density at radius 3 is 2.26 bits per heavy atom. The van der Waals surface area contributed by atoms with Crippen molar-refractivity contribution in [2.45, 2.75) is 0 Å². The predicted molar refractivity (Wildman–Crippen MR) is 148 cm³/mol. The topological polar surface area (TPSA) is 107 Å². The summed E-state index contributed by atoms with van der Waals surface area (Å²) in [6, 6.07) is 18.9. The summed E-state index contributed by atoms with van der Waals surface area (Å²) in [6.45, 7) is 0. The Hall–Kier alpha value is -5.25. The predicted octanol–water partition coefficient (Wildman–Crippen LogP) is 3.74. The molecule has 6 aromatic rings. The number of amides is 1. The summed E-state index contributed by atoms with van der Waals surface area (Å²) >= 11 is 0. The van der Waals surface area contributed by atoms with Gasteiger partial charge in [0.25, 0.3) is 5.91 Å². The average molecular weight is 523 g/mol. The lowest BCUT2D eigenvalue weighted by Gasteiger charge is -2.11. The Labute approximate surface area is 220 Å². The second-order valence-electron chi connectivity index (χ2n) is 9.26. The molecule has 0 unspecified atom stereocenters. The molecule has 3 heterocycles. The SMILES string of the molecule is CNC(=O)c1ccc(-c2ccc3c(c2)nc(-c2ccc(=O)[nH]c2)n3-c2ccc3c(c2)n(C)c(=O)n3C)cc1F. The van der Waals surface area contributed by atoms with Crippen LogP contribution in [0.3, 0.4) is 0 Å². The number of rotatable bonds is 4. The maximum absolute atomic E-state index is 14.7. The van der Waals surface area contributed by atoms with Crippen LogP contribution in [0.5, 0.6) is 0 Å². The Morgan fingerprint density at radius 1 is 0.846 bits per heavy atom. The number of aromatic nitrogens is 5. The summed E-state index contributed by atoms with van der Waals surface area (Å²) in [5.74, 6) is -0.528. The molecule has 1 amide bonds. The fourth-order valence-corrected chi connectivity index (χ4v) is 4.91. The second-order valence-corrected chi connectivity index (χ2v) is 9.26. The third-order valence-corrected chi connectivity index (χ3v) is 6.98. The first-order valence-electron chi connectivity index (χ1n) is 12.2. The standard InChI is InChI=1S/C29H23FN6O3/c1-31-28(38)20-8-4-16(12-21(20)30)17-5-9-23-22(13-17)33-27(18-6-11-26(37)32-15-18)36(23)19-7-10-24-25(14-19)35(3)29(39)34(24)2/h4-15H,1-3H3,(H,31,38)(H,32,37). The van der Waals surface area contributed by atoms with E-state index in [0.29, 0.717) is 22.5 Å². The highest BCUT2D eigenvalue weighted by Crippen LogP contribution is 2.32. The monoisotopic (exact) mass is 522 g/mol. The molecule has 0 saturated heterocycles. The second kappa shape index (κ2) is 8.95. The number of halogens is 1. The van der Waals surface area contributed by atoms with Crippen molar-refractivity contribution in [3.05, 3.63) is 105 Å². The number of nitrogens with zero attached hydrogens (tertiary/aromatic N) is 4. The fraction of sp³-hybridized carbons (Fsp3) is 0.103. The van der Waals surface area contributed by atoms with Gasteiger partial charge < -0.3 is 10.3 Å². The van der Waals surface area contributed by atoms with Crippen LogP contribution >= 0.6 is 0 Å². The van der Waals surface area contributed by atoms with Crippen LogP contribution in [0.15, 0.2) is 82.5 Å². The normalized spacial score (nSPS) is 11.4. The molecular formula is C29H23FN6O3. The largest absolute Gasteiger partial charge is 0.355 e. The number of pyridine rings is 1. The molecule has 10 heteroatoms. The molecule has 0 aliphatic rings. The lowest BCUT2D eigenvalue weighted by molar-refractivity contribution is 0.0959. The number of aromatic amines is 1. The van der Waals surface area contributed by atoms with Gasteiger partial charge in [-0.05, 0) is 59.7 Å². The zero-order valence-corrected chi connectivity index (χ0v) is 21.3. The molecule has 0 saturated carbocycles. The van der Waals surface area contributed by atoms with Crippen molar-refractivity contribution in [1.82, 2.24) is 29.0 Å². The number of nitrogens with one attached hydrogen (secondary N) is 2. The number of hydrogen-bond acceptors (Lipinski definition) is 4. The van der Waals surface area contributed by atoms with Gasteiger partial charge in [-0.3, -0.25) is 23.3 Å². The molecular weight excluding hydrogens is 499 g/mol. The van der Waals surface area contributed by atoms with Gasteiger partial charge in [0, 0.05) is 44.7 Å². The van der Waals surface area contributed by atoms with Crippen LogP contribution in [0, 0.1) is 5.82 Å². The molecule has 0 bridgehead atoms. The molecule has 2 N–H and O–H groups in total. The van der Waals surface area contributed by atoms with Gasteiger partial charge in [0.05, 0.1) is 27.6 Å². The summed E-state index contributed by atoms with van der Waals surface area (Å²) in [7, 11) is 4.91. The molecule has 39 heavy (non-hydrogen) atoms. The van der Waals surface area contributed by atoms with Gasteiger partial charge in [0.15, 0.2) is 0 Å². The van der Waals surface area contributed by atoms with Crippen molar-refractivity contribution in [3.63, 3.8) is 0 Å². The summed E-state index contributed by atoms with van der Waals surface area (Å²) in [4.78, 5) is 43.8. The van der Waals surface area contributed by atoms with Crippen LogP contribution in [0.25, 0.3) is 50.3 Å². The smallest absolute Gasteiger partial charge is 0.328 e. The van der Waals surface area contributed by atoms with E-state index in [0.717, 1.165) is 27.8 Å². The lowest BCUT2D eigenvalue weighted by atomic mass is 10.0. The van der Waals surface area contributed by atoms with Crippen molar-refractivity contribution in [3.8, 4) is 28.2 Å². The summed E-state index contributed by atoms with van der Waals surface area (Å²) < 4.78 is 19.8. The summed E-state index contributed by atoms with van der Waals surface area (Å²) in [5, 5.41) is 2.43. The number of H-pyrrole nitrogens is 1. The Morgan fingerprint density at radius 2 is 1.54 bits per heavy atom. The quantitative estimate of drug-likeness (QED) is 0.368. The van der Waals surface area contributed by atoms with Gasteiger partial charge in [0.2, 0.25) is 5.56 Å². The van der Waals surface area contributed by atoms with Gasteiger partial charge >= 0.3 is 5.69 Å². The molecule has 0 spiro atoms. The summed E-state index contributed by atoms with van der Waals surface area (Å²) in [5.41, 5.74) is 5.39. The first kappa shape index (κ1) is 24.1. The van der Waals surface area contributed by atoms with Crippen LogP contribution in [-0.2, 0) is 14.1 Å². The third kappa shape index (κ3) is 3.84. The zero-order chi connectivity index (χ0) is 27.4. The van der Waals surface area contributed by atoms with Crippen LogP contribution in [0.2, 0.25) is 0 Å². The minimum Gasteiger partial charge on any atom is -0.355 e. The molecule has 0 aliphatic heterocycles. The van der Waals surface area contributed by atoms with Gasteiger partial charge in [-0.15, -0.1) is 0 Å². The molecule has 3 aromatic heterocycles. The zero-order valence-electron chi connectivity index (χ0n) is 21.3. The lowest BCUT2D eigenvalue weighted by Crippen LogP contribution is -2.19. The van der Waals surface area contributed by atoms with Gasteiger partial charge in [-0.25, -0.2) is 14.2 Å². The Bertz CT molecular complexity index is 2040. The average Bonchev–Trinajstić information content (AvgIpc) is 3.43. The molecule has 194 valence electrons. The fourth-order valence-electron chi connectivity index (χ4n) is 4.91. The molecule has 0 fully saturated rings. The van der Waals surface area contributed by atoms with Crippen LogP contribution in [0.4, 0.5) is 4.39 Å². The molecule has 0 atom stereocenters. The number of carbonyl (C=O) groups is 1. The summed E-state index contributed by atoms with van der Waals surface area (Å²) in [6.07, 6.45) is 1.60. The number of benzene rings is 3. The van der Waals surface area contributed by atoms with E-state index in [2.05, 4.69) is 10.3 Å². The van der Waals surface area contributed by atoms with Crippen molar-refractivity contribution in [2.24, 2.45) is 14.1 Å². The van der Waals surface area contributed by atoms with E-state index in [4.69, 9.17) is 4.98 Å². The van der Waals surface area contributed by atoms with Crippen molar-refractivity contribution in [1.29, 1.82) is 0 Å². The van der Waals surface area contributed by atoms with Crippen molar-refractivity contribution in [2.75, 3.05) is 7.05 Å². The van der Waals surface area contributed by atoms with E-state index in [1.54, 1.807) is 41.6 Å². The van der Waals surface area contributed by atoms with E-state index >= 15 is 0 Å². The minimum atomic E-state index is -0.617. The highest BCUT2D eigenvalue weighted by atomic mass is 19.1. The Kier molecular flexibility index (Phi) is 5.53. The number of hydrogen-bond donors (Lipinski definition) is 2. The highest BCUT2D eigenvalue weighted by Gasteiger charge is 2.18. The van der Waals surface area contributed by atoms with E-state index in [1.165, 1.54) is 25.2 Å². The van der Waals surface area contributed by atoms with E-state index in [1.807, 2.05) is 41.0 Å². The maximum atomic E-state index is 14.7. The van der Waals surface area contributed by atoms with Gasteiger partial charge in [-0.1, -0.05) is 12.1 Å². The van der Waals surface area contributed by atoms with E-state index < -0.39 is 11.7 Å². The number of aryl methyl sites for hydroxylation is 2. The maximum Gasteiger partial charge on any atom is 0.328 e. The van der Waals surface area contributed by atoms with Crippen LogP contribution < -0.4 is 16.6 Å². The van der Waals surface area contributed by atoms with Gasteiger partial charge in [0.1, 0.15) is 11.6 Å². The molecule has 6 rings (SSSR count). The number of imidazole rings is 2. The van der Waals surface area contributed by atoms with Crippen LogP contribution in [0.1, 0.15) is 10.4 Å². The molecule has 0 radical (unpaired) electrons. The van der Waals surface area contributed by atoms with Crippen molar-refractivity contribution >= 4 is 28.0 Å². The molecule has 3 aromatic carbocycles. The minimum absolute atomic E-state index is 0.0299. The first-order valence-corrected chi connectivity index (χ1v) is 12.2. The van der Waals surface area contributed by atoms with E-state index in [-0.39, 0.29) is 16.8 Å². The number of fused-ring (bicyclic) bond motifs is 2.